The minimum atomic E-state index is -0.999. The van der Waals surface area contributed by atoms with E-state index in [0.717, 1.165) is 18.4 Å². The number of nitrogens with zero attached hydrogens (tertiary/aromatic N) is 2. The summed E-state index contributed by atoms with van der Waals surface area (Å²) in [7, 11) is 0. The third kappa shape index (κ3) is 3.66. The molecule has 0 bridgehead atoms. The van der Waals surface area contributed by atoms with Crippen molar-refractivity contribution < 1.29 is 14.7 Å². The van der Waals surface area contributed by atoms with Crippen LogP contribution in [0.1, 0.15) is 44.9 Å². The van der Waals surface area contributed by atoms with E-state index in [0.29, 0.717) is 33.3 Å². The molecule has 1 fully saturated rings. The highest BCUT2D eigenvalue weighted by Crippen LogP contribution is 2.30. The lowest BCUT2D eigenvalue weighted by Gasteiger charge is -2.06. The maximum atomic E-state index is 13.6. The SMILES string of the molecule is O=C(O)c1ccc(-c2nc(C(=O)c3c(Cl)cccc3C#CC3CC3)n3ccccc23)cc1. The van der Waals surface area contributed by atoms with Gasteiger partial charge in [0.05, 0.1) is 27.4 Å². The van der Waals surface area contributed by atoms with Crippen LogP contribution in [0.2, 0.25) is 5.02 Å². The highest BCUT2D eigenvalue weighted by molar-refractivity contribution is 6.35. The number of fused-ring (bicyclic) bond motifs is 1. The molecule has 4 aromatic rings. The Bertz CT molecular complexity index is 1440. The van der Waals surface area contributed by atoms with Crippen molar-refractivity contribution in [2.75, 3.05) is 0 Å². The van der Waals surface area contributed by atoms with Gasteiger partial charge < -0.3 is 5.11 Å². The molecule has 0 radical (unpaired) electrons. The van der Waals surface area contributed by atoms with Crippen LogP contribution in [0.5, 0.6) is 0 Å². The monoisotopic (exact) mass is 440 g/mol. The lowest BCUT2D eigenvalue weighted by molar-refractivity contribution is 0.0696. The lowest BCUT2D eigenvalue weighted by Crippen LogP contribution is -2.09. The van der Waals surface area contributed by atoms with Crippen molar-refractivity contribution in [2.24, 2.45) is 5.92 Å². The summed E-state index contributed by atoms with van der Waals surface area (Å²) < 4.78 is 1.73. The van der Waals surface area contributed by atoms with E-state index in [2.05, 4.69) is 16.8 Å². The summed E-state index contributed by atoms with van der Waals surface area (Å²) in [6.07, 6.45) is 3.95. The number of pyridine rings is 1. The summed E-state index contributed by atoms with van der Waals surface area (Å²) >= 11 is 6.45. The Morgan fingerprint density at radius 3 is 2.53 bits per heavy atom. The highest BCUT2D eigenvalue weighted by Gasteiger charge is 2.24. The van der Waals surface area contributed by atoms with Crippen molar-refractivity contribution in [1.82, 2.24) is 9.38 Å². The molecule has 1 saturated carbocycles. The number of imidazole rings is 1. The van der Waals surface area contributed by atoms with E-state index < -0.39 is 5.97 Å². The molecule has 0 amide bonds. The first kappa shape index (κ1) is 20.0. The predicted molar refractivity (Wildman–Crippen MR) is 122 cm³/mol. The molecule has 6 heteroatoms. The van der Waals surface area contributed by atoms with Gasteiger partial charge in [0, 0.05) is 23.2 Å². The van der Waals surface area contributed by atoms with Gasteiger partial charge in [-0.25, -0.2) is 9.78 Å². The summed E-state index contributed by atoms with van der Waals surface area (Å²) in [5, 5.41) is 9.50. The van der Waals surface area contributed by atoms with Crippen molar-refractivity contribution in [1.29, 1.82) is 0 Å². The smallest absolute Gasteiger partial charge is 0.335 e. The molecule has 5 rings (SSSR count). The first-order valence-electron chi connectivity index (χ1n) is 10.2. The molecule has 1 aliphatic carbocycles. The Kier molecular flexibility index (Phi) is 5.01. The summed E-state index contributed by atoms with van der Waals surface area (Å²) in [4.78, 5) is 29.5. The van der Waals surface area contributed by atoms with E-state index in [1.54, 1.807) is 40.9 Å². The molecule has 5 nitrogen and oxygen atoms in total. The zero-order chi connectivity index (χ0) is 22.2. The van der Waals surface area contributed by atoms with Gasteiger partial charge in [-0.3, -0.25) is 9.20 Å². The van der Waals surface area contributed by atoms with E-state index in [1.807, 2.05) is 18.2 Å². The summed E-state index contributed by atoms with van der Waals surface area (Å²) in [5.41, 5.74) is 3.15. The number of aromatic carboxylic acids is 1. The molecule has 0 atom stereocenters. The number of carbonyl (C=O) groups excluding carboxylic acids is 1. The van der Waals surface area contributed by atoms with Crippen LogP contribution in [0.15, 0.2) is 66.9 Å². The lowest BCUT2D eigenvalue weighted by atomic mass is 10.0. The molecule has 0 unspecified atom stereocenters. The maximum Gasteiger partial charge on any atom is 0.335 e. The van der Waals surface area contributed by atoms with Crippen LogP contribution < -0.4 is 0 Å². The molecule has 1 aliphatic rings. The normalized spacial score (nSPS) is 12.9. The average Bonchev–Trinajstić information content (AvgIpc) is 3.56. The van der Waals surface area contributed by atoms with Gasteiger partial charge in [0.25, 0.3) is 0 Å². The average molecular weight is 441 g/mol. The highest BCUT2D eigenvalue weighted by atomic mass is 35.5. The van der Waals surface area contributed by atoms with Crippen LogP contribution >= 0.6 is 11.6 Å². The topological polar surface area (TPSA) is 71.7 Å². The van der Waals surface area contributed by atoms with Crippen LogP contribution in [0.4, 0.5) is 0 Å². The largest absolute Gasteiger partial charge is 0.478 e. The standard InChI is InChI=1S/C26H17ClN2O3/c27-20-5-3-4-17(10-9-16-7-8-16)22(20)24(30)25-28-23(21-6-1-2-15-29(21)25)18-11-13-19(14-12-18)26(31)32/h1-6,11-16H,7-8H2,(H,31,32). The molecule has 2 heterocycles. The molecule has 2 aromatic heterocycles. The second-order valence-corrected chi connectivity index (χ2v) is 8.06. The molecule has 156 valence electrons. The molecule has 0 aliphatic heterocycles. The Morgan fingerprint density at radius 1 is 1.03 bits per heavy atom. The zero-order valence-corrected chi connectivity index (χ0v) is 17.6. The van der Waals surface area contributed by atoms with Crippen LogP contribution in [-0.2, 0) is 0 Å². The summed E-state index contributed by atoms with van der Waals surface area (Å²) in [6.45, 7) is 0. The second kappa shape index (κ2) is 7.99. The van der Waals surface area contributed by atoms with Crippen LogP contribution in [0, 0.1) is 17.8 Å². The molecule has 2 aromatic carbocycles. The quantitative estimate of drug-likeness (QED) is 0.343. The van der Waals surface area contributed by atoms with Gasteiger partial charge in [0.1, 0.15) is 0 Å². The van der Waals surface area contributed by atoms with E-state index in [1.165, 1.54) is 12.1 Å². The van der Waals surface area contributed by atoms with Gasteiger partial charge in [0.15, 0.2) is 5.82 Å². The van der Waals surface area contributed by atoms with Crippen molar-refractivity contribution in [3.8, 4) is 23.1 Å². The van der Waals surface area contributed by atoms with Crippen molar-refractivity contribution >= 4 is 28.9 Å². The van der Waals surface area contributed by atoms with Gasteiger partial charge in [-0.15, -0.1) is 0 Å². The van der Waals surface area contributed by atoms with Gasteiger partial charge in [0.2, 0.25) is 5.78 Å². The minimum Gasteiger partial charge on any atom is -0.478 e. The van der Waals surface area contributed by atoms with Crippen molar-refractivity contribution in [2.45, 2.75) is 12.8 Å². The van der Waals surface area contributed by atoms with Crippen LogP contribution in [0.25, 0.3) is 16.8 Å². The molecular weight excluding hydrogens is 424 g/mol. The second-order valence-electron chi connectivity index (χ2n) is 7.66. The fourth-order valence-electron chi connectivity index (χ4n) is 3.56. The number of halogens is 1. The number of rotatable bonds is 4. The van der Waals surface area contributed by atoms with E-state index >= 15 is 0 Å². The maximum absolute atomic E-state index is 13.6. The summed E-state index contributed by atoms with van der Waals surface area (Å²) in [5.74, 6) is 5.62. The number of benzene rings is 2. The minimum absolute atomic E-state index is 0.184. The number of carboxylic acids is 1. The number of carboxylic acid groups (broad SMARTS) is 1. The van der Waals surface area contributed by atoms with Crippen molar-refractivity contribution in [3.05, 3.63) is 94.4 Å². The number of ketones is 1. The van der Waals surface area contributed by atoms with Gasteiger partial charge in [-0.2, -0.15) is 0 Å². The van der Waals surface area contributed by atoms with Gasteiger partial charge in [-0.1, -0.05) is 47.7 Å². The molecule has 1 N–H and O–H groups in total. The first-order chi connectivity index (χ1) is 15.5. The number of aromatic nitrogens is 2. The van der Waals surface area contributed by atoms with Crippen LogP contribution in [0.3, 0.4) is 0 Å². The third-order valence-electron chi connectivity index (χ3n) is 5.39. The summed E-state index contributed by atoms with van der Waals surface area (Å²) in [6, 6.07) is 17.2. The fraction of sp³-hybridized carbons (Fsp3) is 0.115. The Morgan fingerprint density at radius 2 is 1.81 bits per heavy atom. The Labute approximate surface area is 189 Å². The van der Waals surface area contributed by atoms with Gasteiger partial charge in [-0.05, 0) is 49.2 Å². The van der Waals surface area contributed by atoms with E-state index in [-0.39, 0.29) is 17.2 Å². The Balaban J connectivity index is 1.64. The molecular formula is C26H17ClN2O3. The predicted octanol–water partition coefficient (Wildman–Crippen LogP) is 5.35. The molecule has 0 saturated heterocycles. The molecule has 0 spiro atoms. The van der Waals surface area contributed by atoms with E-state index in [4.69, 9.17) is 16.7 Å². The number of carbonyl (C=O) groups is 2. The Hall–Kier alpha value is -3.88. The fourth-order valence-corrected chi connectivity index (χ4v) is 3.82. The number of hydrogen-bond donors (Lipinski definition) is 1. The van der Waals surface area contributed by atoms with Crippen molar-refractivity contribution in [3.63, 3.8) is 0 Å². The third-order valence-corrected chi connectivity index (χ3v) is 5.70. The van der Waals surface area contributed by atoms with E-state index in [9.17, 15) is 9.59 Å². The zero-order valence-electron chi connectivity index (χ0n) is 16.9. The van der Waals surface area contributed by atoms with Gasteiger partial charge >= 0.3 is 5.97 Å². The first-order valence-corrected chi connectivity index (χ1v) is 10.6. The molecule has 32 heavy (non-hydrogen) atoms. The van der Waals surface area contributed by atoms with Crippen LogP contribution in [-0.4, -0.2) is 26.2 Å². The number of hydrogen-bond acceptors (Lipinski definition) is 3.